The van der Waals surface area contributed by atoms with Crippen LogP contribution in [0.25, 0.3) is 0 Å². The summed E-state index contributed by atoms with van der Waals surface area (Å²) in [5.41, 5.74) is 1.43. The molecule has 1 aromatic rings. The molecule has 1 unspecified atom stereocenters. The smallest absolute Gasteiger partial charge is 0.0701 e. The minimum absolute atomic E-state index is 0.531. The molecule has 0 radical (unpaired) electrons. The summed E-state index contributed by atoms with van der Waals surface area (Å²) in [7, 11) is 2.06. The lowest BCUT2D eigenvalue weighted by Gasteiger charge is -2.14. The van der Waals surface area contributed by atoms with Gasteiger partial charge in [-0.1, -0.05) is 45.4 Å². The van der Waals surface area contributed by atoms with E-state index in [-0.39, 0.29) is 0 Å². The number of hydrogen-bond donors (Lipinski definition) is 1. The van der Waals surface area contributed by atoms with Crippen molar-refractivity contribution in [2.45, 2.75) is 57.9 Å². The molecule has 0 aliphatic rings. The zero-order chi connectivity index (χ0) is 12.5. The molecule has 0 bridgehead atoms. The van der Waals surface area contributed by atoms with E-state index in [1.807, 2.05) is 0 Å². The Kier molecular flexibility index (Phi) is 8.15. The highest BCUT2D eigenvalue weighted by molar-refractivity contribution is 9.11. The first-order chi connectivity index (χ1) is 8.27. The molecule has 3 heteroatoms. The van der Waals surface area contributed by atoms with Gasteiger partial charge in [-0.15, -0.1) is 11.3 Å². The third-order valence-electron chi connectivity index (χ3n) is 3.18. The predicted molar refractivity (Wildman–Crippen MR) is 81.8 cm³/mol. The molecule has 0 spiro atoms. The molecule has 1 N–H and O–H groups in total. The minimum atomic E-state index is 0.531. The molecule has 1 aromatic heterocycles. The fourth-order valence-corrected chi connectivity index (χ4v) is 3.34. The van der Waals surface area contributed by atoms with Crippen LogP contribution in [0.3, 0.4) is 0 Å². The summed E-state index contributed by atoms with van der Waals surface area (Å²) in [6, 6.07) is 2.77. The molecule has 1 nitrogen and oxygen atoms in total. The Balaban J connectivity index is 2.19. The second-order valence-electron chi connectivity index (χ2n) is 4.58. The summed E-state index contributed by atoms with van der Waals surface area (Å²) in [5.74, 6) is 0. The van der Waals surface area contributed by atoms with E-state index >= 15 is 0 Å². The van der Waals surface area contributed by atoms with Crippen LogP contribution in [0.1, 0.15) is 63.5 Å². The van der Waals surface area contributed by atoms with Crippen LogP contribution in [0, 0.1) is 0 Å². The van der Waals surface area contributed by atoms with Gasteiger partial charge < -0.3 is 5.32 Å². The molecule has 0 fully saturated rings. The molecule has 0 amide bonds. The van der Waals surface area contributed by atoms with E-state index in [0.717, 1.165) is 0 Å². The first kappa shape index (κ1) is 15.2. The van der Waals surface area contributed by atoms with Crippen molar-refractivity contribution in [1.29, 1.82) is 0 Å². The maximum absolute atomic E-state index is 3.53. The number of unbranched alkanes of at least 4 members (excludes halogenated alkanes) is 5. The van der Waals surface area contributed by atoms with E-state index in [9.17, 15) is 0 Å². The lowest BCUT2D eigenvalue weighted by molar-refractivity contribution is 0.499. The Labute approximate surface area is 118 Å². The number of rotatable bonds is 9. The van der Waals surface area contributed by atoms with Gasteiger partial charge in [0.2, 0.25) is 0 Å². The normalized spacial score (nSPS) is 12.9. The van der Waals surface area contributed by atoms with Gasteiger partial charge in [-0.2, -0.15) is 0 Å². The number of thiophene rings is 1. The Bertz CT molecular complexity index is 298. The van der Waals surface area contributed by atoms with Crippen molar-refractivity contribution in [1.82, 2.24) is 5.32 Å². The van der Waals surface area contributed by atoms with Gasteiger partial charge >= 0.3 is 0 Å². The fraction of sp³-hybridized carbons (Fsp3) is 0.714. The fourth-order valence-electron chi connectivity index (χ4n) is 2.11. The summed E-state index contributed by atoms with van der Waals surface area (Å²) in [4.78, 5) is 0. The molecule has 1 rings (SSSR count). The van der Waals surface area contributed by atoms with Crippen molar-refractivity contribution in [2.24, 2.45) is 0 Å². The van der Waals surface area contributed by atoms with Gasteiger partial charge in [0.15, 0.2) is 0 Å². The van der Waals surface area contributed by atoms with E-state index in [0.29, 0.717) is 6.04 Å². The summed E-state index contributed by atoms with van der Waals surface area (Å²) in [6.07, 6.45) is 9.51. The second kappa shape index (κ2) is 9.12. The van der Waals surface area contributed by atoms with Crippen LogP contribution in [-0.4, -0.2) is 7.05 Å². The second-order valence-corrected chi connectivity index (χ2v) is 6.87. The lowest BCUT2D eigenvalue weighted by Crippen LogP contribution is -2.15. The number of halogens is 1. The van der Waals surface area contributed by atoms with Gasteiger partial charge in [-0.25, -0.2) is 0 Å². The average Bonchev–Trinajstić information content (AvgIpc) is 2.75. The van der Waals surface area contributed by atoms with Crippen molar-refractivity contribution in [3.63, 3.8) is 0 Å². The van der Waals surface area contributed by atoms with Gasteiger partial charge in [0.05, 0.1) is 3.79 Å². The highest BCUT2D eigenvalue weighted by Gasteiger charge is 2.10. The largest absolute Gasteiger partial charge is 0.313 e. The topological polar surface area (TPSA) is 12.0 Å². The van der Waals surface area contributed by atoms with Crippen LogP contribution in [-0.2, 0) is 0 Å². The molecular formula is C14H24BrNS. The highest BCUT2D eigenvalue weighted by Crippen LogP contribution is 2.28. The summed E-state index contributed by atoms with van der Waals surface area (Å²) >= 11 is 5.31. The molecule has 0 aromatic carbocycles. The standard InChI is InChI=1S/C14H24BrNS/c1-3-4-5-6-7-8-9-13(16-2)12-10-14(15)17-11-12/h10-11,13,16H,3-9H2,1-2H3. The number of hydrogen-bond acceptors (Lipinski definition) is 2. The molecule has 0 saturated carbocycles. The Morgan fingerprint density at radius 2 is 1.94 bits per heavy atom. The molecule has 1 heterocycles. The van der Waals surface area contributed by atoms with Gasteiger partial charge in [0.1, 0.15) is 0 Å². The van der Waals surface area contributed by atoms with E-state index in [1.54, 1.807) is 11.3 Å². The third-order valence-corrected chi connectivity index (χ3v) is 4.71. The summed E-state index contributed by atoms with van der Waals surface area (Å²) in [6.45, 7) is 2.27. The average molecular weight is 318 g/mol. The SMILES string of the molecule is CCCCCCCCC(NC)c1csc(Br)c1. The number of nitrogens with one attached hydrogen (secondary N) is 1. The van der Waals surface area contributed by atoms with Crippen LogP contribution in [0.15, 0.2) is 15.2 Å². The van der Waals surface area contributed by atoms with E-state index < -0.39 is 0 Å². The quantitative estimate of drug-likeness (QED) is 0.591. The van der Waals surface area contributed by atoms with Gasteiger partial charge in [-0.05, 0) is 46.4 Å². The molecular weight excluding hydrogens is 294 g/mol. The Morgan fingerprint density at radius 1 is 1.24 bits per heavy atom. The van der Waals surface area contributed by atoms with Crippen LogP contribution in [0.5, 0.6) is 0 Å². The van der Waals surface area contributed by atoms with Gasteiger partial charge in [0, 0.05) is 6.04 Å². The molecule has 17 heavy (non-hydrogen) atoms. The molecule has 0 aliphatic heterocycles. The first-order valence-corrected chi connectivity index (χ1v) is 8.36. The zero-order valence-corrected chi connectivity index (χ0v) is 13.4. The van der Waals surface area contributed by atoms with Crippen molar-refractivity contribution in [3.8, 4) is 0 Å². The van der Waals surface area contributed by atoms with E-state index in [1.165, 1.54) is 54.3 Å². The van der Waals surface area contributed by atoms with Crippen molar-refractivity contribution in [3.05, 3.63) is 20.8 Å². The maximum Gasteiger partial charge on any atom is 0.0701 e. The Hall–Kier alpha value is 0.140. The highest BCUT2D eigenvalue weighted by atomic mass is 79.9. The van der Waals surface area contributed by atoms with Crippen LogP contribution in [0.2, 0.25) is 0 Å². The summed E-state index contributed by atoms with van der Waals surface area (Å²) < 4.78 is 1.23. The summed E-state index contributed by atoms with van der Waals surface area (Å²) in [5, 5.41) is 5.67. The molecule has 1 atom stereocenters. The van der Waals surface area contributed by atoms with Crippen molar-refractivity contribution >= 4 is 27.3 Å². The zero-order valence-electron chi connectivity index (χ0n) is 11.0. The van der Waals surface area contributed by atoms with Crippen molar-refractivity contribution < 1.29 is 0 Å². The van der Waals surface area contributed by atoms with Crippen LogP contribution in [0.4, 0.5) is 0 Å². The van der Waals surface area contributed by atoms with Gasteiger partial charge in [0.25, 0.3) is 0 Å². The Morgan fingerprint density at radius 3 is 2.53 bits per heavy atom. The molecule has 0 aliphatic carbocycles. The van der Waals surface area contributed by atoms with Crippen LogP contribution >= 0.6 is 27.3 Å². The maximum atomic E-state index is 3.53. The van der Waals surface area contributed by atoms with Crippen LogP contribution < -0.4 is 5.32 Å². The lowest BCUT2D eigenvalue weighted by atomic mass is 10.0. The van der Waals surface area contributed by atoms with E-state index in [4.69, 9.17) is 0 Å². The van der Waals surface area contributed by atoms with Gasteiger partial charge in [-0.3, -0.25) is 0 Å². The predicted octanol–water partition coefficient (Wildman–Crippen LogP) is 5.52. The van der Waals surface area contributed by atoms with E-state index in [2.05, 4.69) is 46.7 Å². The van der Waals surface area contributed by atoms with Crippen molar-refractivity contribution in [2.75, 3.05) is 7.05 Å². The third kappa shape index (κ3) is 6.03. The minimum Gasteiger partial charge on any atom is -0.313 e. The molecule has 98 valence electrons. The first-order valence-electron chi connectivity index (χ1n) is 6.69. The molecule has 0 saturated heterocycles. The monoisotopic (exact) mass is 317 g/mol.